The summed E-state index contributed by atoms with van der Waals surface area (Å²) in [5.41, 5.74) is 3.51. The molecule has 0 aliphatic heterocycles. The Morgan fingerprint density at radius 2 is 1.80 bits per heavy atom. The van der Waals surface area contributed by atoms with Crippen LogP contribution in [0.1, 0.15) is 25.5 Å². The van der Waals surface area contributed by atoms with E-state index < -0.39 is 10.0 Å². The molecule has 0 saturated carbocycles. The van der Waals surface area contributed by atoms with E-state index >= 15 is 0 Å². The summed E-state index contributed by atoms with van der Waals surface area (Å²) in [7, 11) is -3.75. The Hall–Kier alpha value is -2.23. The highest BCUT2D eigenvalue weighted by Crippen LogP contribution is 2.33. The minimum absolute atomic E-state index is 0.102. The third-order valence-corrected chi connectivity index (χ3v) is 7.16. The lowest BCUT2D eigenvalue weighted by atomic mass is 10.1. The van der Waals surface area contributed by atoms with E-state index in [1.165, 1.54) is 0 Å². The van der Waals surface area contributed by atoms with Gasteiger partial charge in [0.1, 0.15) is 0 Å². The second-order valence-electron chi connectivity index (χ2n) is 6.73. The fraction of sp³-hybridized carbons (Fsp3) is 0.238. The summed E-state index contributed by atoms with van der Waals surface area (Å²) in [6, 6.07) is 16.5. The van der Waals surface area contributed by atoms with Gasteiger partial charge in [-0.15, -0.1) is 0 Å². The summed E-state index contributed by atoms with van der Waals surface area (Å²) < 4.78 is 30.3. The van der Waals surface area contributed by atoms with E-state index in [0.29, 0.717) is 6.54 Å². The zero-order valence-electron chi connectivity index (χ0n) is 16.7. The fourth-order valence-corrected chi connectivity index (χ4v) is 4.74. The van der Waals surface area contributed by atoms with Crippen LogP contribution in [0, 0.1) is 6.92 Å². The molecule has 0 saturated heterocycles. The normalized spacial score (nSPS) is 11.3. The quantitative estimate of drug-likeness (QED) is 0.362. The SMILES string of the molecule is CCCCNC(=S)NS(=O)(=O)c1ccc(-n2nc(C)c(Br)c2-c2ccccc2)cc1. The van der Waals surface area contributed by atoms with Crippen molar-refractivity contribution < 1.29 is 8.42 Å². The Morgan fingerprint density at radius 1 is 1.13 bits per heavy atom. The minimum Gasteiger partial charge on any atom is -0.362 e. The predicted molar refractivity (Wildman–Crippen MR) is 127 cm³/mol. The van der Waals surface area contributed by atoms with Crippen LogP contribution in [0.4, 0.5) is 0 Å². The molecule has 0 amide bonds. The van der Waals surface area contributed by atoms with E-state index in [-0.39, 0.29) is 10.0 Å². The molecule has 6 nitrogen and oxygen atoms in total. The molecule has 30 heavy (non-hydrogen) atoms. The van der Waals surface area contributed by atoms with Crippen LogP contribution in [-0.4, -0.2) is 29.9 Å². The smallest absolute Gasteiger partial charge is 0.263 e. The number of thiocarbonyl (C=S) groups is 1. The first-order chi connectivity index (χ1) is 14.3. The summed E-state index contributed by atoms with van der Waals surface area (Å²) in [4.78, 5) is 0.134. The molecule has 0 atom stereocenters. The van der Waals surface area contributed by atoms with Gasteiger partial charge in [0, 0.05) is 12.1 Å². The van der Waals surface area contributed by atoms with Crippen molar-refractivity contribution in [1.29, 1.82) is 0 Å². The summed E-state index contributed by atoms with van der Waals surface area (Å²) in [6.07, 6.45) is 1.91. The number of sulfonamides is 1. The molecule has 0 spiro atoms. The zero-order chi connectivity index (χ0) is 21.7. The monoisotopic (exact) mass is 506 g/mol. The van der Waals surface area contributed by atoms with Gasteiger partial charge in [0.25, 0.3) is 10.0 Å². The number of rotatable bonds is 7. The number of hydrogen-bond donors (Lipinski definition) is 2. The van der Waals surface area contributed by atoms with Gasteiger partial charge in [0.2, 0.25) is 0 Å². The average Bonchev–Trinajstić information content (AvgIpc) is 3.03. The number of hydrogen-bond acceptors (Lipinski definition) is 4. The van der Waals surface area contributed by atoms with E-state index in [9.17, 15) is 8.42 Å². The zero-order valence-corrected chi connectivity index (χ0v) is 19.9. The van der Waals surface area contributed by atoms with Gasteiger partial charge in [-0.2, -0.15) is 5.10 Å². The highest BCUT2D eigenvalue weighted by atomic mass is 79.9. The van der Waals surface area contributed by atoms with Gasteiger partial charge in [-0.25, -0.2) is 13.1 Å². The van der Waals surface area contributed by atoms with Crippen LogP contribution < -0.4 is 10.0 Å². The van der Waals surface area contributed by atoms with Gasteiger partial charge >= 0.3 is 0 Å². The third kappa shape index (κ3) is 5.08. The molecule has 3 rings (SSSR count). The standard InChI is InChI=1S/C21H23BrN4O2S2/c1-3-4-14-23-21(29)25-30(27,28)18-12-10-17(11-13-18)26-20(19(22)15(2)24-26)16-8-6-5-7-9-16/h5-13H,3-4,14H2,1-2H3,(H2,23,25,29). The molecular weight excluding hydrogens is 484 g/mol. The van der Waals surface area contributed by atoms with Gasteiger partial charge in [0.05, 0.1) is 26.4 Å². The molecule has 1 aromatic heterocycles. The van der Waals surface area contributed by atoms with Crippen molar-refractivity contribution in [2.45, 2.75) is 31.6 Å². The van der Waals surface area contributed by atoms with Crippen LogP contribution in [-0.2, 0) is 10.0 Å². The first kappa shape index (κ1) is 22.5. The number of unbranched alkanes of at least 4 members (excludes halogenated alkanes) is 1. The average molecular weight is 507 g/mol. The second kappa shape index (κ2) is 9.72. The maximum Gasteiger partial charge on any atom is 0.263 e. The summed E-state index contributed by atoms with van der Waals surface area (Å²) in [5, 5.41) is 7.62. The third-order valence-electron chi connectivity index (χ3n) is 4.47. The van der Waals surface area contributed by atoms with Crippen LogP contribution in [0.3, 0.4) is 0 Å². The summed E-state index contributed by atoms with van der Waals surface area (Å²) in [5.74, 6) is 0. The summed E-state index contributed by atoms with van der Waals surface area (Å²) in [6.45, 7) is 4.61. The number of halogens is 1. The van der Waals surface area contributed by atoms with Crippen molar-refractivity contribution in [1.82, 2.24) is 19.8 Å². The number of aryl methyl sites for hydroxylation is 1. The van der Waals surface area contributed by atoms with Gasteiger partial charge in [-0.1, -0.05) is 43.7 Å². The molecule has 0 fully saturated rings. The Balaban J connectivity index is 1.87. The Morgan fingerprint density at radius 3 is 2.43 bits per heavy atom. The molecule has 0 unspecified atom stereocenters. The molecule has 2 aromatic carbocycles. The molecular formula is C21H23BrN4O2S2. The molecule has 0 radical (unpaired) electrons. The van der Waals surface area contributed by atoms with Crippen molar-refractivity contribution in [3.8, 4) is 16.9 Å². The molecule has 0 bridgehead atoms. The minimum atomic E-state index is -3.75. The molecule has 3 aromatic rings. The second-order valence-corrected chi connectivity index (χ2v) is 9.62. The molecule has 9 heteroatoms. The largest absolute Gasteiger partial charge is 0.362 e. The Bertz CT molecular complexity index is 1130. The van der Waals surface area contributed by atoms with Gasteiger partial charge < -0.3 is 5.32 Å². The van der Waals surface area contributed by atoms with Gasteiger partial charge in [-0.3, -0.25) is 4.72 Å². The van der Waals surface area contributed by atoms with E-state index in [1.807, 2.05) is 37.3 Å². The highest BCUT2D eigenvalue weighted by molar-refractivity contribution is 9.10. The van der Waals surface area contributed by atoms with Crippen LogP contribution >= 0.6 is 28.1 Å². The number of aromatic nitrogens is 2. The maximum atomic E-state index is 12.6. The number of benzene rings is 2. The van der Waals surface area contributed by atoms with Gasteiger partial charge in [0.15, 0.2) is 5.11 Å². The maximum absolute atomic E-state index is 12.6. The Labute approximate surface area is 190 Å². The van der Waals surface area contributed by atoms with Crippen LogP contribution in [0.15, 0.2) is 64.0 Å². The molecule has 2 N–H and O–H groups in total. The topological polar surface area (TPSA) is 76.0 Å². The van der Waals surface area contributed by atoms with Crippen molar-refractivity contribution in [3.05, 3.63) is 64.8 Å². The fourth-order valence-electron chi connectivity index (χ4n) is 2.90. The van der Waals surface area contributed by atoms with Gasteiger partial charge in [-0.05, 0) is 65.8 Å². The lowest BCUT2D eigenvalue weighted by molar-refractivity contribution is 0.591. The van der Waals surface area contributed by atoms with Crippen LogP contribution in [0.25, 0.3) is 16.9 Å². The first-order valence-electron chi connectivity index (χ1n) is 9.55. The van der Waals surface area contributed by atoms with Crippen LogP contribution in [0.5, 0.6) is 0 Å². The predicted octanol–water partition coefficient (Wildman–Crippen LogP) is 4.56. The van der Waals surface area contributed by atoms with E-state index in [1.54, 1.807) is 28.9 Å². The summed E-state index contributed by atoms with van der Waals surface area (Å²) >= 11 is 8.71. The van der Waals surface area contributed by atoms with E-state index in [2.05, 4.69) is 38.0 Å². The van der Waals surface area contributed by atoms with Crippen LogP contribution in [0.2, 0.25) is 0 Å². The van der Waals surface area contributed by atoms with E-state index in [0.717, 1.165) is 40.0 Å². The van der Waals surface area contributed by atoms with E-state index in [4.69, 9.17) is 12.2 Å². The van der Waals surface area contributed by atoms with Crippen molar-refractivity contribution in [2.24, 2.45) is 0 Å². The molecule has 1 heterocycles. The van der Waals surface area contributed by atoms with Crippen molar-refractivity contribution in [3.63, 3.8) is 0 Å². The molecule has 0 aliphatic rings. The lowest BCUT2D eigenvalue weighted by Gasteiger charge is -2.12. The number of nitrogens with zero attached hydrogens (tertiary/aromatic N) is 2. The number of nitrogens with one attached hydrogen (secondary N) is 2. The van der Waals surface area contributed by atoms with Crippen molar-refractivity contribution >= 4 is 43.3 Å². The molecule has 158 valence electrons. The molecule has 0 aliphatic carbocycles. The Kier molecular flexibility index (Phi) is 7.27. The van der Waals surface area contributed by atoms with Crippen molar-refractivity contribution in [2.75, 3.05) is 6.54 Å². The first-order valence-corrected chi connectivity index (χ1v) is 12.2. The lowest BCUT2D eigenvalue weighted by Crippen LogP contribution is -2.39. The highest BCUT2D eigenvalue weighted by Gasteiger charge is 2.18.